The fourth-order valence-corrected chi connectivity index (χ4v) is 1.55. The van der Waals surface area contributed by atoms with E-state index >= 15 is 0 Å². The number of hydrogen-bond acceptors (Lipinski definition) is 3. The zero-order valence-electron chi connectivity index (χ0n) is 12.2. The largest absolute Gasteiger partial charge is 0.480 e. The molecule has 0 radical (unpaired) electrons. The van der Waals surface area contributed by atoms with Gasteiger partial charge in [0.05, 0.1) is 0 Å². The van der Waals surface area contributed by atoms with Crippen molar-refractivity contribution in [2.75, 3.05) is 12.0 Å². The molecule has 0 heterocycles. The Morgan fingerprint density at radius 2 is 1.95 bits per heavy atom. The van der Waals surface area contributed by atoms with Gasteiger partial charge in [0.15, 0.2) is 0 Å². The van der Waals surface area contributed by atoms with Crippen molar-refractivity contribution in [3.8, 4) is 0 Å². The Morgan fingerprint density at radius 3 is 2.37 bits per heavy atom. The Morgan fingerprint density at radius 1 is 1.37 bits per heavy atom. The van der Waals surface area contributed by atoms with Gasteiger partial charge in [0.2, 0.25) is 0 Å². The SMILES string of the molecule is CSCCC(NC(=O)N/C=C(\C)C(C)(C)C)C(=O)O. The summed E-state index contributed by atoms with van der Waals surface area (Å²) in [5.41, 5.74) is 0.983. The van der Waals surface area contributed by atoms with Crippen LogP contribution in [0.5, 0.6) is 0 Å². The number of rotatable bonds is 6. The summed E-state index contributed by atoms with van der Waals surface area (Å²) in [4.78, 5) is 22.6. The maximum Gasteiger partial charge on any atom is 0.326 e. The second-order valence-electron chi connectivity index (χ2n) is 5.37. The van der Waals surface area contributed by atoms with Gasteiger partial charge in [-0.25, -0.2) is 9.59 Å². The van der Waals surface area contributed by atoms with E-state index in [1.807, 2.05) is 34.0 Å². The van der Waals surface area contributed by atoms with E-state index in [1.54, 1.807) is 18.0 Å². The average Bonchev–Trinajstić information content (AvgIpc) is 2.29. The number of amides is 2. The number of aliphatic carboxylic acids is 1. The molecular formula is C13H24N2O3S. The molecule has 0 aliphatic heterocycles. The van der Waals surface area contributed by atoms with Crippen molar-refractivity contribution < 1.29 is 14.7 Å². The molecule has 0 aromatic rings. The van der Waals surface area contributed by atoms with Crippen molar-refractivity contribution in [3.05, 3.63) is 11.8 Å². The summed E-state index contributed by atoms with van der Waals surface area (Å²) in [6.07, 6.45) is 3.92. The van der Waals surface area contributed by atoms with Crippen LogP contribution in [0, 0.1) is 5.41 Å². The van der Waals surface area contributed by atoms with Gasteiger partial charge >= 0.3 is 12.0 Å². The van der Waals surface area contributed by atoms with Gasteiger partial charge in [-0.1, -0.05) is 26.3 Å². The number of nitrogens with one attached hydrogen (secondary N) is 2. The molecule has 19 heavy (non-hydrogen) atoms. The molecule has 5 nitrogen and oxygen atoms in total. The molecule has 3 N–H and O–H groups in total. The first-order valence-corrected chi connectivity index (χ1v) is 7.54. The van der Waals surface area contributed by atoms with Gasteiger partial charge in [0.1, 0.15) is 6.04 Å². The van der Waals surface area contributed by atoms with E-state index in [0.717, 1.165) is 5.57 Å². The summed E-state index contributed by atoms with van der Waals surface area (Å²) < 4.78 is 0. The summed E-state index contributed by atoms with van der Waals surface area (Å²) in [5, 5.41) is 14.0. The fourth-order valence-electron chi connectivity index (χ4n) is 1.08. The van der Waals surface area contributed by atoms with E-state index in [1.165, 1.54) is 0 Å². The lowest BCUT2D eigenvalue weighted by atomic mass is 9.88. The Labute approximate surface area is 119 Å². The van der Waals surface area contributed by atoms with Gasteiger partial charge in [-0.05, 0) is 30.8 Å². The summed E-state index contributed by atoms with van der Waals surface area (Å²) in [5.74, 6) is -0.325. The van der Waals surface area contributed by atoms with E-state index in [-0.39, 0.29) is 5.41 Å². The summed E-state index contributed by atoms with van der Waals surface area (Å²) in [7, 11) is 0. The molecule has 0 saturated heterocycles. The summed E-state index contributed by atoms with van der Waals surface area (Å²) in [6, 6.07) is -1.34. The number of carbonyl (C=O) groups is 2. The van der Waals surface area contributed by atoms with Gasteiger partial charge in [-0.15, -0.1) is 0 Å². The topological polar surface area (TPSA) is 78.4 Å². The van der Waals surface area contributed by atoms with Crippen LogP contribution in [0.1, 0.15) is 34.1 Å². The molecule has 0 saturated carbocycles. The van der Waals surface area contributed by atoms with Crippen LogP contribution >= 0.6 is 11.8 Å². The molecule has 0 aliphatic rings. The standard InChI is InChI=1S/C13H24N2O3S/c1-9(13(2,3)4)8-14-12(18)15-10(11(16)17)6-7-19-5/h8,10H,6-7H2,1-5H3,(H,16,17)(H2,14,15,18)/b9-8+. The lowest BCUT2D eigenvalue weighted by Crippen LogP contribution is -2.45. The second-order valence-corrected chi connectivity index (χ2v) is 6.35. The highest BCUT2D eigenvalue weighted by atomic mass is 32.2. The lowest BCUT2D eigenvalue weighted by molar-refractivity contribution is -0.139. The number of allylic oxidation sites excluding steroid dienone is 1. The molecule has 0 rings (SSSR count). The van der Waals surface area contributed by atoms with Gasteiger partial charge in [-0.2, -0.15) is 11.8 Å². The minimum absolute atomic E-state index is 0.0294. The number of carboxylic acid groups (broad SMARTS) is 1. The zero-order valence-corrected chi connectivity index (χ0v) is 13.1. The van der Waals surface area contributed by atoms with Gasteiger partial charge in [0, 0.05) is 6.20 Å². The van der Waals surface area contributed by atoms with E-state index < -0.39 is 18.0 Å². The maximum atomic E-state index is 11.6. The Kier molecular flexibility index (Phi) is 7.59. The van der Waals surface area contributed by atoms with Gasteiger partial charge in [0.25, 0.3) is 0 Å². The minimum Gasteiger partial charge on any atom is -0.480 e. The number of hydrogen-bond donors (Lipinski definition) is 3. The highest BCUT2D eigenvalue weighted by Gasteiger charge is 2.19. The molecule has 0 aromatic heterocycles. The van der Waals surface area contributed by atoms with Crippen molar-refractivity contribution in [1.29, 1.82) is 0 Å². The molecule has 1 unspecified atom stereocenters. The molecule has 0 spiro atoms. The first-order chi connectivity index (χ1) is 8.68. The third-order valence-electron chi connectivity index (χ3n) is 2.82. The zero-order chi connectivity index (χ0) is 15.1. The van der Waals surface area contributed by atoms with E-state index in [2.05, 4.69) is 10.6 Å². The molecule has 0 fully saturated rings. The number of urea groups is 1. The molecular weight excluding hydrogens is 264 g/mol. The molecule has 2 amide bonds. The first-order valence-electron chi connectivity index (χ1n) is 6.14. The molecule has 0 aromatic carbocycles. The fraction of sp³-hybridized carbons (Fsp3) is 0.692. The monoisotopic (exact) mass is 288 g/mol. The lowest BCUT2D eigenvalue weighted by Gasteiger charge is -2.20. The number of carbonyl (C=O) groups excluding carboxylic acids is 1. The minimum atomic E-state index is -1.01. The molecule has 110 valence electrons. The predicted molar refractivity (Wildman–Crippen MR) is 79.3 cm³/mol. The Hall–Kier alpha value is -1.17. The summed E-state index contributed by atoms with van der Waals surface area (Å²) >= 11 is 1.55. The van der Waals surface area contributed by atoms with Crippen LogP contribution < -0.4 is 10.6 Å². The third-order valence-corrected chi connectivity index (χ3v) is 3.46. The van der Waals surface area contributed by atoms with Crippen LogP contribution in [0.25, 0.3) is 0 Å². The Bertz CT molecular complexity index is 348. The van der Waals surface area contributed by atoms with Crippen molar-refractivity contribution in [2.45, 2.75) is 40.2 Å². The molecule has 0 bridgehead atoms. The predicted octanol–water partition coefficient (Wildman–Crippen LogP) is 2.44. The average molecular weight is 288 g/mol. The first kappa shape index (κ1) is 17.8. The quantitative estimate of drug-likeness (QED) is 0.701. The van der Waals surface area contributed by atoms with Gasteiger partial charge < -0.3 is 15.7 Å². The normalized spacial score (nSPS) is 13.8. The van der Waals surface area contributed by atoms with Crippen LogP contribution in [0.2, 0.25) is 0 Å². The highest BCUT2D eigenvalue weighted by Crippen LogP contribution is 2.23. The Balaban J connectivity index is 4.39. The van der Waals surface area contributed by atoms with Crippen LogP contribution in [-0.2, 0) is 4.79 Å². The molecule has 6 heteroatoms. The van der Waals surface area contributed by atoms with Crippen molar-refractivity contribution >= 4 is 23.8 Å². The van der Waals surface area contributed by atoms with E-state index in [4.69, 9.17) is 5.11 Å². The molecule has 1 atom stereocenters. The number of thioether (sulfide) groups is 1. The van der Waals surface area contributed by atoms with E-state index in [9.17, 15) is 9.59 Å². The smallest absolute Gasteiger partial charge is 0.326 e. The maximum absolute atomic E-state index is 11.6. The summed E-state index contributed by atoms with van der Waals surface area (Å²) in [6.45, 7) is 8.04. The van der Waals surface area contributed by atoms with E-state index in [0.29, 0.717) is 12.2 Å². The third kappa shape index (κ3) is 7.77. The number of carboxylic acids is 1. The van der Waals surface area contributed by atoms with Crippen molar-refractivity contribution in [1.82, 2.24) is 10.6 Å². The second kappa shape index (κ2) is 8.09. The van der Waals surface area contributed by atoms with Crippen LogP contribution in [-0.4, -0.2) is 35.2 Å². The highest BCUT2D eigenvalue weighted by molar-refractivity contribution is 7.98. The van der Waals surface area contributed by atoms with Crippen molar-refractivity contribution in [2.24, 2.45) is 5.41 Å². The van der Waals surface area contributed by atoms with Crippen LogP contribution in [0.3, 0.4) is 0 Å². The van der Waals surface area contributed by atoms with Crippen molar-refractivity contribution in [3.63, 3.8) is 0 Å². The van der Waals surface area contributed by atoms with Crippen LogP contribution in [0.4, 0.5) is 4.79 Å². The molecule has 0 aliphatic carbocycles. The van der Waals surface area contributed by atoms with Crippen LogP contribution in [0.15, 0.2) is 11.8 Å². The van der Waals surface area contributed by atoms with Gasteiger partial charge in [-0.3, -0.25) is 0 Å².